The molecular formula is C19H20O5. The van der Waals surface area contributed by atoms with E-state index in [0.717, 1.165) is 29.5 Å². The maximum absolute atomic E-state index is 12.5. The second kappa shape index (κ2) is 6.51. The molecule has 5 heteroatoms. The standard InChI is InChI=1S/C19H20O5/c1-22-13-8-11-7-12(19(21)24-3)9-15-14(5-4-6-16(15)20)18(11)17(10-13)23-2/h7-8,10H,4-6,9H2,1-3H3. The Morgan fingerprint density at radius 3 is 2.50 bits per heavy atom. The Labute approximate surface area is 140 Å². The smallest absolute Gasteiger partial charge is 0.334 e. The summed E-state index contributed by atoms with van der Waals surface area (Å²) in [5, 5.41) is 0. The van der Waals surface area contributed by atoms with Gasteiger partial charge in [0.05, 0.1) is 21.3 Å². The molecule has 0 spiro atoms. The number of allylic oxidation sites excluding steroid dienone is 2. The summed E-state index contributed by atoms with van der Waals surface area (Å²) in [4.78, 5) is 24.6. The Morgan fingerprint density at radius 2 is 1.83 bits per heavy atom. The van der Waals surface area contributed by atoms with Crippen LogP contribution in [-0.2, 0) is 14.3 Å². The molecule has 3 rings (SSSR count). The lowest BCUT2D eigenvalue weighted by Crippen LogP contribution is -2.14. The third kappa shape index (κ3) is 2.70. The van der Waals surface area contributed by atoms with Crippen molar-refractivity contribution in [3.63, 3.8) is 0 Å². The van der Waals surface area contributed by atoms with Crippen LogP contribution in [0.3, 0.4) is 0 Å². The summed E-state index contributed by atoms with van der Waals surface area (Å²) in [6.07, 6.45) is 4.18. The largest absolute Gasteiger partial charge is 0.497 e. The van der Waals surface area contributed by atoms with Gasteiger partial charge in [-0.25, -0.2) is 4.79 Å². The Bertz CT molecular complexity index is 770. The summed E-state index contributed by atoms with van der Waals surface area (Å²) in [7, 11) is 4.52. The Hall–Kier alpha value is -2.56. The summed E-state index contributed by atoms with van der Waals surface area (Å²) in [6, 6.07) is 3.66. The van der Waals surface area contributed by atoms with E-state index in [1.165, 1.54) is 7.11 Å². The van der Waals surface area contributed by atoms with Crippen LogP contribution in [0.4, 0.5) is 0 Å². The lowest BCUT2D eigenvalue weighted by atomic mass is 9.84. The molecule has 1 aromatic rings. The van der Waals surface area contributed by atoms with E-state index in [1.807, 2.05) is 6.07 Å². The van der Waals surface area contributed by atoms with E-state index >= 15 is 0 Å². The van der Waals surface area contributed by atoms with Gasteiger partial charge in [0.1, 0.15) is 11.5 Å². The van der Waals surface area contributed by atoms with E-state index in [9.17, 15) is 9.59 Å². The van der Waals surface area contributed by atoms with Crippen LogP contribution in [-0.4, -0.2) is 33.1 Å². The fraction of sp³-hybridized carbons (Fsp3) is 0.368. The summed E-state index contributed by atoms with van der Waals surface area (Å²) >= 11 is 0. The number of Topliss-reactive ketones (excluding diaryl/α,β-unsaturated/α-hetero) is 1. The topological polar surface area (TPSA) is 61.8 Å². The van der Waals surface area contributed by atoms with E-state index in [2.05, 4.69) is 0 Å². The number of hydrogen-bond acceptors (Lipinski definition) is 5. The molecule has 0 radical (unpaired) electrons. The average molecular weight is 328 g/mol. The maximum atomic E-state index is 12.5. The number of carbonyl (C=O) groups is 2. The number of fused-ring (bicyclic) bond motifs is 2. The first-order valence-electron chi connectivity index (χ1n) is 7.89. The first-order valence-corrected chi connectivity index (χ1v) is 7.89. The third-order valence-electron chi connectivity index (χ3n) is 4.54. The minimum absolute atomic E-state index is 0.0942. The molecule has 0 fully saturated rings. The number of rotatable bonds is 3. The van der Waals surface area contributed by atoms with Crippen LogP contribution in [0.15, 0.2) is 23.3 Å². The van der Waals surface area contributed by atoms with Gasteiger partial charge in [-0.3, -0.25) is 4.79 Å². The zero-order valence-electron chi connectivity index (χ0n) is 14.1. The van der Waals surface area contributed by atoms with Gasteiger partial charge in [0, 0.05) is 35.6 Å². The minimum Gasteiger partial charge on any atom is -0.497 e. The highest BCUT2D eigenvalue weighted by atomic mass is 16.5. The normalized spacial score (nSPS) is 16.6. The molecule has 1 aromatic carbocycles. The highest BCUT2D eigenvalue weighted by Crippen LogP contribution is 2.44. The van der Waals surface area contributed by atoms with Crippen molar-refractivity contribution in [3.05, 3.63) is 34.4 Å². The third-order valence-corrected chi connectivity index (χ3v) is 4.54. The molecule has 0 saturated carbocycles. The number of esters is 1. The molecule has 0 aliphatic heterocycles. The van der Waals surface area contributed by atoms with Crippen LogP contribution in [0, 0.1) is 0 Å². The molecule has 0 heterocycles. The Balaban J connectivity index is 2.31. The van der Waals surface area contributed by atoms with E-state index in [0.29, 0.717) is 35.5 Å². The van der Waals surface area contributed by atoms with Crippen LogP contribution in [0.1, 0.15) is 36.8 Å². The SMILES string of the molecule is COC(=O)C1=Cc2cc(OC)cc(OC)c2C2=C(C1)C(=O)CCC2. The molecule has 126 valence electrons. The van der Waals surface area contributed by atoms with Crippen molar-refractivity contribution in [3.8, 4) is 11.5 Å². The molecule has 2 aliphatic carbocycles. The van der Waals surface area contributed by atoms with Gasteiger partial charge in [0.2, 0.25) is 0 Å². The Kier molecular flexibility index (Phi) is 4.42. The predicted molar refractivity (Wildman–Crippen MR) is 89.9 cm³/mol. The number of methoxy groups -OCH3 is 3. The molecule has 0 unspecified atom stereocenters. The van der Waals surface area contributed by atoms with Crippen LogP contribution >= 0.6 is 0 Å². The van der Waals surface area contributed by atoms with E-state index in [4.69, 9.17) is 14.2 Å². The number of ketones is 1. The summed E-state index contributed by atoms with van der Waals surface area (Å²) in [5.74, 6) is 0.956. The van der Waals surface area contributed by atoms with Crippen LogP contribution in [0.25, 0.3) is 11.6 Å². The average Bonchev–Trinajstić information content (AvgIpc) is 2.78. The number of ether oxygens (including phenoxy) is 3. The second-order valence-electron chi connectivity index (χ2n) is 5.87. The van der Waals surface area contributed by atoms with Gasteiger partial charge in [0.15, 0.2) is 5.78 Å². The van der Waals surface area contributed by atoms with Crippen molar-refractivity contribution >= 4 is 23.4 Å². The maximum Gasteiger partial charge on any atom is 0.334 e. The second-order valence-corrected chi connectivity index (χ2v) is 5.87. The highest BCUT2D eigenvalue weighted by Gasteiger charge is 2.30. The zero-order valence-corrected chi connectivity index (χ0v) is 14.1. The van der Waals surface area contributed by atoms with Crippen molar-refractivity contribution in [2.24, 2.45) is 0 Å². The molecule has 2 aliphatic rings. The lowest BCUT2D eigenvalue weighted by Gasteiger charge is -2.21. The van der Waals surface area contributed by atoms with Crippen molar-refractivity contribution < 1.29 is 23.8 Å². The van der Waals surface area contributed by atoms with Gasteiger partial charge in [-0.15, -0.1) is 0 Å². The molecule has 0 saturated heterocycles. The molecule has 0 amide bonds. The predicted octanol–water partition coefficient (Wildman–Crippen LogP) is 3.17. The fourth-order valence-electron chi connectivity index (χ4n) is 3.39. The van der Waals surface area contributed by atoms with Gasteiger partial charge in [-0.2, -0.15) is 0 Å². The molecule has 0 atom stereocenters. The quantitative estimate of drug-likeness (QED) is 0.798. The number of hydrogen-bond donors (Lipinski definition) is 0. The summed E-state index contributed by atoms with van der Waals surface area (Å²) in [5.41, 5.74) is 3.82. The first kappa shape index (κ1) is 16.3. The molecule has 0 aromatic heterocycles. The fourth-order valence-corrected chi connectivity index (χ4v) is 3.39. The molecule has 24 heavy (non-hydrogen) atoms. The van der Waals surface area contributed by atoms with E-state index in [1.54, 1.807) is 26.4 Å². The zero-order chi connectivity index (χ0) is 17.3. The van der Waals surface area contributed by atoms with Gasteiger partial charge in [-0.05, 0) is 36.1 Å². The van der Waals surface area contributed by atoms with Crippen LogP contribution in [0.2, 0.25) is 0 Å². The van der Waals surface area contributed by atoms with Crippen LogP contribution in [0.5, 0.6) is 11.5 Å². The number of carbonyl (C=O) groups excluding carboxylic acids is 2. The highest BCUT2D eigenvalue weighted by molar-refractivity contribution is 6.09. The van der Waals surface area contributed by atoms with Crippen molar-refractivity contribution in [1.29, 1.82) is 0 Å². The van der Waals surface area contributed by atoms with Gasteiger partial charge >= 0.3 is 5.97 Å². The monoisotopic (exact) mass is 328 g/mol. The van der Waals surface area contributed by atoms with E-state index < -0.39 is 5.97 Å². The van der Waals surface area contributed by atoms with Crippen molar-refractivity contribution in [2.75, 3.05) is 21.3 Å². The van der Waals surface area contributed by atoms with Gasteiger partial charge in [-0.1, -0.05) is 0 Å². The number of benzene rings is 1. The van der Waals surface area contributed by atoms with E-state index in [-0.39, 0.29) is 5.78 Å². The molecular weight excluding hydrogens is 308 g/mol. The Morgan fingerprint density at radius 1 is 1.04 bits per heavy atom. The summed E-state index contributed by atoms with van der Waals surface area (Å²) < 4.78 is 15.8. The minimum atomic E-state index is -0.421. The van der Waals surface area contributed by atoms with Crippen LogP contribution < -0.4 is 9.47 Å². The van der Waals surface area contributed by atoms with Crippen molar-refractivity contribution in [1.82, 2.24) is 0 Å². The molecule has 0 N–H and O–H groups in total. The van der Waals surface area contributed by atoms with Gasteiger partial charge < -0.3 is 14.2 Å². The first-order chi connectivity index (χ1) is 11.6. The molecule has 5 nitrogen and oxygen atoms in total. The molecule has 0 bridgehead atoms. The lowest BCUT2D eigenvalue weighted by molar-refractivity contribution is -0.136. The van der Waals surface area contributed by atoms with Gasteiger partial charge in [0.25, 0.3) is 0 Å². The summed E-state index contributed by atoms with van der Waals surface area (Å²) in [6.45, 7) is 0. The van der Waals surface area contributed by atoms with Crippen molar-refractivity contribution in [2.45, 2.75) is 25.7 Å².